The van der Waals surface area contributed by atoms with Crippen molar-refractivity contribution < 1.29 is 77.0 Å². The SMILES string of the molecule is CCC.COc1cc(NC(=O)C(CCCNC(N)=O)NC(=O)CNC(=O)CCCCC(C)(C)OC(=O)C(CBr)CBr)ccc1C(=O)N(C)[C@@H](C)C(=O)O.COc1cc2cc(c1Cl)N(C)C(=O)CCC1OC1CC1C[C@](O)(C/C=C/C=C(\C)C2)NC(=O)O1. The lowest BCUT2D eigenvalue weighted by atomic mass is 9.96. The van der Waals surface area contributed by atoms with Crippen molar-refractivity contribution in [3.63, 3.8) is 0 Å². The number of primary amides is 1. The fourth-order valence-electron chi connectivity index (χ4n) is 9.00. The number of nitrogens with two attached hydrogens (primary N) is 1. The molecule has 87 heavy (non-hydrogen) atoms. The predicted octanol–water partition coefficient (Wildman–Crippen LogP) is 7.82. The van der Waals surface area contributed by atoms with Gasteiger partial charge in [0.05, 0.1) is 50.1 Å². The zero-order chi connectivity index (χ0) is 65.2. The molecule has 0 saturated carbocycles. The van der Waals surface area contributed by atoms with Crippen LogP contribution in [0.25, 0.3) is 0 Å². The number of hydrogen-bond donors (Lipinski definition) is 8. The van der Waals surface area contributed by atoms with Crippen LogP contribution in [0, 0.1) is 5.92 Å². The number of methoxy groups -OCH3 is 2. The normalized spacial score (nSPS) is 20.0. The molecule has 484 valence electrons. The number of carboxylic acids is 1. The predicted molar refractivity (Wildman–Crippen MR) is 336 cm³/mol. The Morgan fingerprint density at radius 2 is 1.67 bits per heavy atom. The van der Waals surface area contributed by atoms with Gasteiger partial charge in [-0.1, -0.05) is 87.5 Å². The first-order valence-corrected chi connectivity index (χ1v) is 31.4. The van der Waals surface area contributed by atoms with Gasteiger partial charge in [-0.2, -0.15) is 0 Å². The standard InChI is InChI=1S/C32H48Br2N6O10.C25H31ClN2O6.C3H8/c1-19(29(45)46)40(4)28(44)22-12-11-21(15-24(22)49-5)38-27(43)23(9-8-14-36-31(35)48)39-26(42)18-37-25(41)10-6-7-13-32(2,3)50-30(47)20(16-33)17-34;1-15-6-4-5-9-25(31)14-17(33-24(30)27-25)13-20-19(34-20)7-8-22(29)28(2)18-11-16(10-15)12-21(32-3)23(18)26;1-3-2/h11-12,15,19-20,23H,6-10,13-14,16-18H2,1-5H3,(H,37,41)(H,38,43)(H,39,42)(H,45,46)(H3,35,36,48);4-6,11-12,17,19-20,31H,7-10,13-14H2,1-3H3,(H,27,30);3H2,1-2H3/b;5-4+,15-6+;/t19-,23?;17?,19?,20?,25-;/m01./s1. The molecule has 8 amide bonds. The number of hydrogen-bond acceptors (Lipinski definition) is 15. The van der Waals surface area contributed by atoms with E-state index in [4.69, 9.17) is 41.0 Å². The number of carbonyl (C=O) groups is 9. The fraction of sp³-hybridized carbons (Fsp3) is 0.583. The summed E-state index contributed by atoms with van der Waals surface area (Å²) in [7, 11) is 5.92. The highest BCUT2D eigenvalue weighted by molar-refractivity contribution is 9.09. The number of likely N-dealkylation sites (N-methyl/N-ethyl adjacent to an activating group) is 1. The molecule has 24 nitrogen and oxygen atoms in total. The number of amides is 8. The van der Waals surface area contributed by atoms with E-state index in [0.29, 0.717) is 72.1 Å². The molecular formula is C60H87Br2ClN8O16. The average molecular weight is 1370 g/mol. The van der Waals surface area contributed by atoms with Gasteiger partial charge >= 0.3 is 24.1 Å². The molecule has 2 saturated heterocycles. The molecule has 4 bridgehead atoms. The lowest BCUT2D eigenvalue weighted by Gasteiger charge is -2.36. The number of nitrogens with zero attached hydrogens (tertiary/aromatic N) is 2. The highest BCUT2D eigenvalue weighted by atomic mass is 79.9. The highest BCUT2D eigenvalue weighted by Gasteiger charge is 2.46. The van der Waals surface area contributed by atoms with Gasteiger partial charge in [0.15, 0.2) is 0 Å². The maximum Gasteiger partial charge on any atom is 0.409 e. The van der Waals surface area contributed by atoms with Crippen molar-refractivity contribution in [1.29, 1.82) is 0 Å². The van der Waals surface area contributed by atoms with Crippen LogP contribution in [0.4, 0.5) is 21.0 Å². The number of allylic oxidation sites excluding steroid dienone is 3. The number of anilines is 2. The third kappa shape index (κ3) is 25.6. The summed E-state index contributed by atoms with van der Waals surface area (Å²) in [5, 5.41) is 34.2. The smallest absolute Gasteiger partial charge is 0.409 e. The molecule has 0 aliphatic carbocycles. The van der Waals surface area contributed by atoms with Gasteiger partial charge in [-0.05, 0) is 102 Å². The minimum Gasteiger partial charge on any atom is -0.496 e. The minimum atomic E-state index is -1.37. The van der Waals surface area contributed by atoms with Gasteiger partial charge in [0.1, 0.15) is 46.0 Å². The van der Waals surface area contributed by atoms with Crippen LogP contribution in [0.2, 0.25) is 5.02 Å². The number of halogens is 3. The van der Waals surface area contributed by atoms with Crippen molar-refractivity contribution in [2.45, 2.75) is 167 Å². The quantitative estimate of drug-likeness (QED) is 0.0227. The van der Waals surface area contributed by atoms with Gasteiger partial charge in [0.25, 0.3) is 5.91 Å². The van der Waals surface area contributed by atoms with Crippen molar-refractivity contribution in [3.8, 4) is 11.5 Å². The number of epoxide rings is 1. The van der Waals surface area contributed by atoms with Crippen molar-refractivity contribution in [2.24, 2.45) is 11.7 Å². The van der Waals surface area contributed by atoms with Crippen molar-refractivity contribution in [2.75, 3.05) is 62.3 Å². The summed E-state index contributed by atoms with van der Waals surface area (Å²) >= 11 is 13.1. The molecule has 0 aromatic heterocycles. The number of ether oxygens (including phenoxy) is 5. The van der Waals surface area contributed by atoms with E-state index in [2.05, 4.69) is 72.3 Å². The molecular weight excluding hydrogens is 1280 g/mol. The highest BCUT2D eigenvalue weighted by Crippen LogP contribution is 2.39. The van der Waals surface area contributed by atoms with Gasteiger partial charge in [-0.3, -0.25) is 34.1 Å². The summed E-state index contributed by atoms with van der Waals surface area (Å²) in [4.78, 5) is 114. The number of urea groups is 1. The molecule has 0 radical (unpaired) electrons. The van der Waals surface area contributed by atoms with Crippen LogP contribution in [-0.4, -0.2) is 162 Å². The number of carboxylic acid groups (broad SMARTS) is 1. The second kappa shape index (κ2) is 36.7. The molecule has 2 aromatic carbocycles. The third-order valence-electron chi connectivity index (χ3n) is 14.0. The molecule has 2 fully saturated rings. The maximum atomic E-state index is 13.3. The van der Waals surface area contributed by atoms with Crippen molar-refractivity contribution in [1.82, 2.24) is 26.2 Å². The zero-order valence-corrected chi connectivity index (χ0v) is 55.2. The Morgan fingerprint density at radius 1 is 0.989 bits per heavy atom. The second-order valence-electron chi connectivity index (χ2n) is 22.0. The molecule has 3 heterocycles. The van der Waals surface area contributed by atoms with Gasteiger partial charge in [-0.15, -0.1) is 0 Å². The number of aliphatic hydroxyl groups is 1. The molecule has 0 spiro atoms. The van der Waals surface area contributed by atoms with E-state index >= 15 is 0 Å². The summed E-state index contributed by atoms with van der Waals surface area (Å²) in [6.45, 7) is 11.0. The lowest BCUT2D eigenvalue weighted by Crippen LogP contribution is -2.56. The Balaban J connectivity index is 0.000000461. The van der Waals surface area contributed by atoms with Crippen molar-refractivity contribution in [3.05, 3.63) is 70.3 Å². The van der Waals surface area contributed by atoms with Gasteiger partial charge in [0.2, 0.25) is 23.6 Å². The van der Waals surface area contributed by atoms with Crippen LogP contribution in [0.3, 0.4) is 0 Å². The number of aliphatic carboxylic acids is 1. The largest absolute Gasteiger partial charge is 0.496 e. The molecule has 2 aromatic rings. The van der Waals surface area contributed by atoms with E-state index < -0.39 is 71.9 Å². The number of nitrogens with one attached hydrogen (secondary N) is 5. The van der Waals surface area contributed by atoms with Crippen LogP contribution >= 0.6 is 43.5 Å². The molecule has 4 unspecified atom stereocenters. The molecule has 6 atom stereocenters. The van der Waals surface area contributed by atoms with E-state index in [1.54, 1.807) is 19.1 Å². The molecule has 27 heteroatoms. The van der Waals surface area contributed by atoms with Crippen LogP contribution < -0.4 is 46.7 Å². The number of fused-ring (bicyclic) bond motifs is 5. The first-order chi connectivity index (χ1) is 41.0. The number of rotatable bonds is 23. The van der Waals surface area contributed by atoms with E-state index in [-0.39, 0.29) is 91.6 Å². The fourth-order valence-corrected chi connectivity index (χ4v) is 10.9. The van der Waals surface area contributed by atoms with Crippen LogP contribution in [-0.2, 0) is 49.4 Å². The summed E-state index contributed by atoms with van der Waals surface area (Å²) in [5.41, 5.74) is 5.95. The number of unbranched alkanes of at least 4 members (excludes halogenated alkanes) is 1. The summed E-state index contributed by atoms with van der Waals surface area (Å²) in [6, 6.07) is 5.04. The van der Waals surface area contributed by atoms with Gasteiger partial charge in [0, 0.05) is 75.2 Å². The number of benzene rings is 2. The van der Waals surface area contributed by atoms with Gasteiger partial charge in [-0.25, -0.2) is 14.4 Å². The first-order valence-electron chi connectivity index (χ1n) is 28.8. The zero-order valence-electron chi connectivity index (χ0n) is 51.3. The minimum absolute atomic E-state index is 0.0695. The monoisotopic (exact) mass is 1370 g/mol. The second-order valence-corrected chi connectivity index (χ2v) is 23.7. The number of esters is 1. The Hall–Kier alpha value is -6.48. The third-order valence-corrected chi connectivity index (χ3v) is 16.0. The van der Waals surface area contributed by atoms with Crippen LogP contribution in [0.15, 0.2) is 54.1 Å². The Morgan fingerprint density at radius 3 is 2.30 bits per heavy atom. The topological polar surface area (TPSA) is 336 Å². The van der Waals surface area contributed by atoms with Gasteiger partial charge < -0.3 is 70.7 Å². The van der Waals surface area contributed by atoms with Crippen LogP contribution in [0.1, 0.15) is 135 Å². The molecule has 3 aliphatic heterocycles. The van der Waals surface area contributed by atoms with Crippen LogP contribution in [0.5, 0.6) is 11.5 Å². The van der Waals surface area contributed by atoms with Crippen molar-refractivity contribution >= 4 is 108 Å². The number of carbonyl (C=O) groups excluding carboxylic acids is 8. The Labute approximate surface area is 531 Å². The Bertz CT molecular complexity index is 2770. The molecule has 5 rings (SSSR count). The molecule has 9 N–H and O–H groups in total. The molecule has 3 aliphatic rings. The number of alkyl carbamates (subject to hydrolysis) is 1. The first kappa shape index (κ1) is 74.8. The number of alkyl halides is 2. The van der Waals surface area contributed by atoms with E-state index in [0.717, 1.165) is 16.0 Å². The summed E-state index contributed by atoms with van der Waals surface area (Å²) in [6.07, 6.45) is 10.3. The lowest BCUT2D eigenvalue weighted by molar-refractivity contribution is -0.160. The average Bonchev–Trinajstić information content (AvgIpc) is 2.67. The Kier molecular flexibility index (Phi) is 31.6. The maximum absolute atomic E-state index is 13.3. The summed E-state index contributed by atoms with van der Waals surface area (Å²) in [5.74, 6) is -3.52. The van der Waals surface area contributed by atoms with E-state index in [1.165, 1.54) is 45.7 Å². The van der Waals surface area contributed by atoms with E-state index in [1.807, 2.05) is 51.1 Å². The van der Waals surface area contributed by atoms with E-state index in [9.17, 15) is 53.4 Å². The summed E-state index contributed by atoms with van der Waals surface area (Å²) < 4.78 is 27.5.